The Bertz CT molecular complexity index is 447. The van der Waals surface area contributed by atoms with E-state index in [0.29, 0.717) is 0 Å². The van der Waals surface area contributed by atoms with Gasteiger partial charge in [0.1, 0.15) is 0 Å². The first kappa shape index (κ1) is 16.7. The third kappa shape index (κ3) is 5.94. The molecule has 21 heavy (non-hydrogen) atoms. The molecule has 0 radical (unpaired) electrons. The van der Waals surface area contributed by atoms with Gasteiger partial charge in [-0.05, 0) is 91.5 Å². The molecule has 1 saturated heterocycles. The zero-order chi connectivity index (χ0) is 15.1. The van der Waals surface area contributed by atoms with Crippen molar-refractivity contribution in [1.82, 2.24) is 10.2 Å². The molecule has 3 nitrogen and oxygen atoms in total. The fourth-order valence-electron chi connectivity index (χ4n) is 2.86. The number of nitrogens with zero attached hydrogens (tertiary/aromatic N) is 1. The van der Waals surface area contributed by atoms with Crippen LogP contribution in [-0.2, 0) is 0 Å². The monoisotopic (exact) mass is 400 g/mol. The van der Waals surface area contributed by atoms with E-state index >= 15 is 0 Å². The highest BCUT2D eigenvalue weighted by Crippen LogP contribution is 2.15. The van der Waals surface area contributed by atoms with Crippen molar-refractivity contribution in [3.8, 4) is 0 Å². The van der Waals surface area contributed by atoms with E-state index in [2.05, 4.69) is 39.7 Å². The van der Waals surface area contributed by atoms with Crippen LogP contribution in [0, 0.1) is 9.49 Å². The molecular formula is C17H25IN2O. The van der Waals surface area contributed by atoms with Crippen molar-refractivity contribution >= 4 is 28.5 Å². The van der Waals surface area contributed by atoms with Crippen LogP contribution >= 0.6 is 22.6 Å². The van der Waals surface area contributed by atoms with Crippen LogP contribution in [0.4, 0.5) is 0 Å². The SMILES string of the molecule is C[C@@H]1CCCN(CCCCNC(=O)c2ccc(I)cc2)C1. The summed E-state index contributed by atoms with van der Waals surface area (Å²) in [6, 6.07) is 7.69. The number of hydrogen-bond donors (Lipinski definition) is 1. The van der Waals surface area contributed by atoms with Crippen LogP contribution < -0.4 is 5.32 Å². The van der Waals surface area contributed by atoms with Gasteiger partial charge >= 0.3 is 0 Å². The lowest BCUT2D eigenvalue weighted by Crippen LogP contribution is -2.35. The first-order chi connectivity index (χ1) is 10.1. The molecule has 1 fully saturated rings. The summed E-state index contributed by atoms with van der Waals surface area (Å²) < 4.78 is 1.15. The maximum atomic E-state index is 11.9. The smallest absolute Gasteiger partial charge is 0.251 e. The van der Waals surface area contributed by atoms with E-state index in [1.807, 2.05) is 24.3 Å². The second-order valence-electron chi connectivity index (χ2n) is 6.02. The lowest BCUT2D eigenvalue weighted by Gasteiger charge is -2.30. The van der Waals surface area contributed by atoms with Crippen molar-refractivity contribution < 1.29 is 4.79 Å². The Morgan fingerprint density at radius 2 is 2.10 bits per heavy atom. The molecule has 1 aliphatic rings. The molecular weight excluding hydrogens is 375 g/mol. The predicted octanol–water partition coefficient (Wildman–Crippen LogP) is 3.53. The Morgan fingerprint density at radius 3 is 2.81 bits per heavy atom. The maximum Gasteiger partial charge on any atom is 0.251 e. The van der Waals surface area contributed by atoms with Crippen molar-refractivity contribution in [3.63, 3.8) is 0 Å². The standard InChI is InChI=1S/C17H25IN2O/c1-14-5-4-12-20(13-14)11-3-2-10-19-17(21)15-6-8-16(18)9-7-15/h6-9,14H,2-5,10-13H2,1H3,(H,19,21)/t14-/m1/s1. The minimum absolute atomic E-state index is 0.0398. The van der Waals surface area contributed by atoms with Gasteiger partial charge in [0.05, 0.1) is 0 Å². The Balaban J connectivity index is 1.59. The molecule has 1 aromatic rings. The molecule has 0 aromatic heterocycles. The number of piperidine rings is 1. The molecule has 4 heteroatoms. The molecule has 116 valence electrons. The largest absolute Gasteiger partial charge is 0.352 e. The van der Waals surface area contributed by atoms with Gasteiger partial charge in [-0.15, -0.1) is 0 Å². The van der Waals surface area contributed by atoms with E-state index < -0.39 is 0 Å². The van der Waals surface area contributed by atoms with Gasteiger partial charge in [-0.25, -0.2) is 0 Å². The first-order valence-electron chi connectivity index (χ1n) is 7.91. The molecule has 2 rings (SSSR count). The minimum Gasteiger partial charge on any atom is -0.352 e. The highest BCUT2D eigenvalue weighted by atomic mass is 127. The van der Waals surface area contributed by atoms with Crippen molar-refractivity contribution in [2.24, 2.45) is 5.92 Å². The Kier molecular flexibility index (Phi) is 6.96. The number of likely N-dealkylation sites (tertiary alicyclic amines) is 1. The van der Waals surface area contributed by atoms with Crippen LogP contribution in [0.1, 0.15) is 43.0 Å². The Morgan fingerprint density at radius 1 is 1.33 bits per heavy atom. The van der Waals surface area contributed by atoms with Crippen LogP contribution in [0.3, 0.4) is 0 Å². The van der Waals surface area contributed by atoms with Crippen molar-refractivity contribution in [2.45, 2.75) is 32.6 Å². The van der Waals surface area contributed by atoms with E-state index in [-0.39, 0.29) is 5.91 Å². The van der Waals surface area contributed by atoms with Gasteiger partial charge in [-0.2, -0.15) is 0 Å². The lowest BCUT2D eigenvalue weighted by molar-refractivity contribution is 0.0952. The molecule has 1 aromatic carbocycles. The Hall–Kier alpha value is -0.620. The summed E-state index contributed by atoms with van der Waals surface area (Å²) in [7, 11) is 0. The van der Waals surface area contributed by atoms with Gasteiger partial charge in [-0.3, -0.25) is 4.79 Å². The summed E-state index contributed by atoms with van der Waals surface area (Å²) in [5, 5.41) is 3.01. The number of carbonyl (C=O) groups is 1. The number of amides is 1. The van der Waals surface area contributed by atoms with Gasteiger partial charge in [0.25, 0.3) is 5.91 Å². The van der Waals surface area contributed by atoms with E-state index in [0.717, 1.165) is 28.0 Å². The van der Waals surface area contributed by atoms with Gasteiger partial charge in [0.15, 0.2) is 0 Å². The molecule has 0 saturated carbocycles. The van der Waals surface area contributed by atoms with Crippen LogP contribution in [0.15, 0.2) is 24.3 Å². The molecule has 0 unspecified atom stereocenters. The third-order valence-electron chi connectivity index (χ3n) is 4.03. The summed E-state index contributed by atoms with van der Waals surface area (Å²) in [5.41, 5.74) is 0.750. The van der Waals surface area contributed by atoms with Crippen LogP contribution in [0.25, 0.3) is 0 Å². The van der Waals surface area contributed by atoms with Crippen molar-refractivity contribution in [2.75, 3.05) is 26.2 Å². The van der Waals surface area contributed by atoms with E-state index in [4.69, 9.17) is 0 Å². The quantitative estimate of drug-likeness (QED) is 0.586. The van der Waals surface area contributed by atoms with E-state index in [1.165, 1.54) is 38.9 Å². The lowest BCUT2D eigenvalue weighted by atomic mass is 10.0. The van der Waals surface area contributed by atoms with Gasteiger partial charge in [0.2, 0.25) is 0 Å². The molecule has 1 atom stereocenters. The molecule has 1 aliphatic heterocycles. The number of unbranched alkanes of at least 4 members (excludes halogenated alkanes) is 1. The van der Waals surface area contributed by atoms with Gasteiger partial charge < -0.3 is 10.2 Å². The molecule has 1 N–H and O–H groups in total. The van der Waals surface area contributed by atoms with Crippen molar-refractivity contribution in [3.05, 3.63) is 33.4 Å². The maximum absolute atomic E-state index is 11.9. The van der Waals surface area contributed by atoms with Gasteiger partial charge in [0, 0.05) is 22.2 Å². The van der Waals surface area contributed by atoms with Gasteiger partial charge in [-0.1, -0.05) is 6.92 Å². The average Bonchev–Trinajstić information content (AvgIpc) is 2.47. The zero-order valence-corrected chi connectivity index (χ0v) is 14.9. The van der Waals surface area contributed by atoms with Crippen LogP contribution in [0.2, 0.25) is 0 Å². The minimum atomic E-state index is 0.0398. The summed E-state index contributed by atoms with van der Waals surface area (Å²) in [4.78, 5) is 14.5. The predicted molar refractivity (Wildman–Crippen MR) is 95.6 cm³/mol. The fraction of sp³-hybridized carbons (Fsp3) is 0.588. The first-order valence-corrected chi connectivity index (χ1v) is 8.99. The van der Waals surface area contributed by atoms with Crippen LogP contribution in [0.5, 0.6) is 0 Å². The number of nitrogens with one attached hydrogen (secondary N) is 1. The highest BCUT2D eigenvalue weighted by Gasteiger charge is 2.15. The summed E-state index contributed by atoms with van der Waals surface area (Å²) in [6.45, 7) is 6.78. The summed E-state index contributed by atoms with van der Waals surface area (Å²) in [6.07, 6.45) is 4.94. The second-order valence-corrected chi connectivity index (χ2v) is 7.26. The number of halogens is 1. The zero-order valence-electron chi connectivity index (χ0n) is 12.8. The molecule has 0 aliphatic carbocycles. The van der Waals surface area contributed by atoms with E-state index in [9.17, 15) is 4.79 Å². The normalized spacial score (nSPS) is 19.4. The Labute approximate surface area is 141 Å². The average molecular weight is 400 g/mol. The number of benzene rings is 1. The summed E-state index contributed by atoms with van der Waals surface area (Å²) in [5.74, 6) is 0.886. The highest BCUT2D eigenvalue weighted by molar-refractivity contribution is 14.1. The second kappa shape index (κ2) is 8.73. The van der Waals surface area contributed by atoms with Crippen molar-refractivity contribution in [1.29, 1.82) is 0 Å². The number of carbonyl (C=O) groups excluding carboxylic acids is 1. The molecule has 0 spiro atoms. The fourth-order valence-corrected chi connectivity index (χ4v) is 3.22. The molecule has 1 amide bonds. The number of hydrogen-bond acceptors (Lipinski definition) is 2. The topological polar surface area (TPSA) is 32.3 Å². The summed E-state index contributed by atoms with van der Waals surface area (Å²) >= 11 is 2.25. The molecule has 1 heterocycles. The van der Waals surface area contributed by atoms with Crippen LogP contribution in [-0.4, -0.2) is 37.0 Å². The molecule has 0 bridgehead atoms. The third-order valence-corrected chi connectivity index (χ3v) is 4.75. The number of rotatable bonds is 6. The van der Waals surface area contributed by atoms with E-state index in [1.54, 1.807) is 0 Å².